The van der Waals surface area contributed by atoms with Gasteiger partial charge in [0.25, 0.3) is 0 Å². The number of ketones is 1. The number of Topliss-reactive ketones (excluding diaryl/α,β-unsaturated/α-hetero) is 1. The predicted octanol–water partition coefficient (Wildman–Crippen LogP) is 5.18. The molecule has 41 heavy (non-hydrogen) atoms. The van der Waals surface area contributed by atoms with Crippen LogP contribution in [-0.2, 0) is 26.0 Å². The summed E-state index contributed by atoms with van der Waals surface area (Å²) in [5.41, 5.74) is 3.27. The summed E-state index contributed by atoms with van der Waals surface area (Å²) in [6, 6.07) is 13.4. The number of ether oxygens (including phenoxy) is 1. The molecule has 224 valence electrons. The van der Waals surface area contributed by atoms with Crippen molar-refractivity contribution in [2.24, 2.45) is 5.92 Å². The zero-order chi connectivity index (χ0) is 30.0. The smallest absolute Gasteiger partial charge is 0.407 e. The Balaban J connectivity index is 1.86. The third-order valence-electron chi connectivity index (χ3n) is 7.23. The average Bonchev–Trinajstić information content (AvgIpc) is 3.42. The number of amides is 1. The van der Waals surface area contributed by atoms with Crippen LogP contribution in [0.15, 0.2) is 58.9 Å². The van der Waals surface area contributed by atoms with E-state index in [1.807, 2.05) is 44.2 Å². The molecule has 3 rings (SSSR count). The van der Waals surface area contributed by atoms with E-state index in [-0.39, 0.29) is 36.1 Å². The number of alkyl carbamates (subject to hydrolysis) is 1. The van der Waals surface area contributed by atoms with Crippen LogP contribution in [0.5, 0.6) is 0 Å². The zero-order valence-corrected chi connectivity index (χ0v) is 25.8. The van der Waals surface area contributed by atoms with Gasteiger partial charge in [-0.1, -0.05) is 57.0 Å². The van der Waals surface area contributed by atoms with Gasteiger partial charge in [-0.25, -0.2) is 18.2 Å². The van der Waals surface area contributed by atoms with Crippen LogP contribution in [0, 0.1) is 5.92 Å². The quantitative estimate of drug-likeness (QED) is 0.231. The molecule has 0 aliphatic rings. The summed E-state index contributed by atoms with van der Waals surface area (Å²) in [4.78, 5) is 28.5. The van der Waals surface area contributed by atoms with Crippen LogP contribution in [0.25, 0.3) is 10.2 Å². The fraction of sp³-hybridized carbons (Fsp3) is 0.500. The molecule has 0 saturated carbocycles. The van der Waals surface area contributed by atoms with E-state index in [1.165, 1.54) is 22.6 Å². The number of carbonyl (C=O) groups excluding carboxylic acids is 2. The van der Waals surface area contributed by atoms with Crippen molar-refractivity contribution < 1.29 is 27.9 Å². The average molecular weight is 604 g/mol. The number of benzene rings is 2. The number of nitrogens with one attached hydrogen (secondary N) is 1. The van der Waals surface area contributed by atoms with Gasteiger partial charge in [0.15, 0.2) is 0 Å². The Morgan fingerprint density at radius 3 is 2.46 bits per heavy atom. The second-order valence-corrected chi connectivity index (χ2v) is 13.3. The molecule has 9 nitrogen and oxygen atoms in total. The number of fused-ring (bicyclic) bond motifs is 1. The highest BCUT2D eigenvalue weighted by molar-refractivity contribution is 7.89. The van der Waals surface area contributed by atoms with Crippen molar-refractivity contribution in [1.29, 1.82) is 0 Å². The number of aromatic nitrogens is 1. The molecule has 3 atom stereocenters. The van der Waals surface area contributed by atoms with Crippen LogP contribution in [0.4, 0.5) is 4.79 Å². The van der Waals surface area contributed by atoms with Gasteiger partial charge in [-0.3, -0.25) is 0 Å². The second-order valence-electron chi connectivity index (χ2n) is 10.5. The number of hydrogen-bond donors (Lipinski definition) is 2. The lowest BCUT2D eigenvalue weighted by Gasteiger charge is -2.31. The van der Waals surface area contributed by atoms with Gasteiger partial charge in [0, 0.05) is 19.5 Å². The molecule has 1 amide bonds. The summed E-state index contributed by atoms with van der Waals surface area (Å²) < 4.78 is 35.4. The molecular formula is C30H41N3O6S2. The molecule has 3 aromatic rings. The van der Waals surface area contributed by atoms with Crippen molar-refractivity contribution >= 4 is 43.5 Å². The number of hydrogen-bond acceptors (Lipinski definition) is 8. The van der Waals surface area contributed by atoms with Crippen LogP contribution >= 0.6 is 11.3 Å². The maximum atomic E-state index is 13.9. The minimum atomic E-state index is -3.97. The monoisotopic (exact) mass is 603 g/mol. The van der Waals surface area contributed by atoms with E-state index in [0.29, 0.717) is 12.8 Å². The molecule has 0 bridgehead atoms. The summed E-state index contributed by atoms with van der Waals surface area (Å²) in [5, 5.41) is 14.2. The minimum absolute atomic E-state index is 0.00601. The third kappa shape index (κ3) is 9.59. The summed E-state index contributed by atoms with van der Waals surface area (Å²) >= 11 is 1.37. The predicted molar refractivity (Wildman–Crippen MR) is 161 cm³/mol. The van der Waals surface area contributed by atoms with Crippen molar-refractivity contribution in [1.82, 2.24) is 14.6 Å². The Hall–Kier alpha value is -2.86. The van der Waals surface area contributed by atoms with Gasteiger partial charge in [-0.15, -0.1) is 11.3 Å². The maximum Gasteiger partial charge on any atom is 0.407 e. The first-order valence-corrected chi connectivity index (χ1v) is 16.4. The summed E-state index contributed by atoms with van der Waals surface area (Å²) in [5.74, 6) is 0.100. The summed E-state index contributed by atoms with van der Waals surface area (Å²) in [6.07, 6.45) is 0.0519. The van der Waals surface area contributed by atoms with Gasteiger partial charge in [0.05, 0.1) is 32.8 Å². The Labute approximate surface area is 247 Å². The van der Waals surface area contributed by atoms with E-state index in [2.05, 4.69) is 10.3 Å². The van der Waals surface area contributed by atoms with Gasteiger partial charge < -0.3 is 20.0 Å². The molecule has 1 unspecified atom stereocenters. The molecule has 0 aliphatic carbocycles. The van der Waals surface area contributed by atoms with Gasteiger partial charge >= 0.3 is 6.09 Å². The summed E-state index contributed by atoms with van der Waals surface area (Å²) in [6.45, 7) is 7.24. The fourth-order valence-electron chi connectivity index (χ4n) is 4.57. The zero-order valence-electron chi connectivity index (χ0n) is 24.2. The molecule has 0 aliphatic heterocycles. The molecule has 11 heteroatoms. The fourth-order valence-corrected chi connectivity index (χ4v) is 6.92. The molecule has 0 fully saturated rings. The van der Waals surface area contributed by atoms with Crippen molar-refractivity contribution in [3.8, 4) is 0 Å². The van der Waals surface area contributed by atoms with E-state index < -0.39 is 34.4 Å². The Bertz CT molecular complexity index is 1380. The first-order valence-electron chi connectivity index (χ1n) is 14.0. The van der Waals surface area contributed by atoms with E-state index in [4.69, 9.17) is 4.74 Å². The van der Waals surface area contributed by atoms with E-state index in [0.717, 1.165) is 28.6 Å². The molecule has 1 heterocycles. The number of rotatable bonds is 16. The Morgan fingerprint density at radius 1 is 1.10 bits per heavy atom. The molecule has 2 aromatic carbocycles. The van der Waals surface area contributed by atoms with Crippen molar-refractivity contribution in [3.63, 3.8) is 0 Å². The lowest BCUT2D eigenvalue weighted by molar-refractivity contribution is -0.117. The SMILES string of the molecule is CCC(CC)CN(C[C@@H](O)C(Cc1ccccc1)NC(=O)O[C@H](C)CCC(C)=O)S(=O)(=O)c1ccc2ncsc2c1. The van der Waals surface area contributed by atoms with Gasteiger partial charge in [-0.05, 0) is 56.4 Å². The number of aliphatic hydroxyl groups excluding tert-OH is 1. The van der Waals surface area contributed by atoms with Crippen LogP contribution in [0.2, 0.25) is 0 Å². The maximum absolute atomic E-state index is 13.9. The number of thiazole rings is 1. The largest absolute Gasteiger partial charge is 0.447 e. The Kier molecular flexibility index (Phi) is 12.3. The Morgan fingerprint density at radius 2 is 1.80 bits per heavy atom. The third-order valence-corrected chi connectivity index (χ3v) is 9.84. The number of sulfonamides is 1. The molecule has 2 N–H and O–H groups in total. The number of nitrogens with zero attached hydrogens (tertiary/aromatic N) is 2. The molecule has 0 spiro atoms. The first kappa shape index (κ1) is 32.7. The normalized spacial score (nSPS) is 14.2. The van der Waals surface area contributed by atoms with Crippen molar-refractivity contribution in [3.05, 3.63) is 59.6 Å². The minimum Gasteiger partial charge on any atom is -0.447 e. The van der Waals surface area contributed by atoms with E-state index in [9.17, 15) is 23.1 Å². The van der Waals surface area contributed by atoms with Crippen LogP contribution < -0.4 is 5.32 Å². The first-order chi connectivity index (χ1) is 19.5. The molecule has 1 aromatic heterocycles. The molecular weight excluding hydrogens is 562 g/mol. The van der Waals surface area contributed by atoms with Crippen LogP contribution in [-0.4, -0.2) is 66.0 Å². The van der Waals surface area contributed by atoms with Crippen LogP contribution in [0.3, 0.4) is 0 Å². The molecule has 0 saturated heterocycles. The second kappa shape index (κ2) is 15.4. The van der Waals surface area contributed by atoms with E-state index >= 15 is 0 Å². The lowest BCUT2D eigenvalue weighted by atomic mass is 10.0. The number of aliphatic hydroxyl groups is 1. The van der Waals surface area contributed by atoms with Crippen LogP contribution in [0.1, 0.15) is 58.9 Å². The van der Waals surface area contributed by atoms with Gasteiger partial charge in [-0.2, -0.15) is 4.31 Å². The van der Waals surface area contributed by atoms with Crippen molar-refractivity contribution in [2.45, 2.75) is 82.9 Å². The summed E-state index contributed by atoms with van der Waals surface area (Å²) in [7, 11) is -3.97. The highest BCUT2D eigenvalue weighted by Crippen LogP contribution is 2.26. The topological polar surface area (TPSA) is 126 Å². The number of carbonyl (C=O) groups is 2. The van der Waals surface area contributed by atoms with Gasteiger partial charge in [0.1, 0.15) is 11.9 Å². The molecule has 0 radical (unpaired) electrons. The highest BCUT2D eigenvalue weighted by atomic mass is 32.2. The van der Waals surface area contributed by atoms with Crippen molar-refractivity contribution in [2.75, 3.05) is 13.1 Å². The van der Waals surface area contributed by atoms with E-state index in [1.54, 1.807) is 30.6 Å². The highest BCUT2D eigenvalue weighted by Gasteiger charge is 2.32. The lowest BCUT2D eigenvalue weighted by Crippen LogP contribution is -2.51. The standard InChI is InChI=1S/C30H41N3O6S2/c1-5-23(6-2)18-33(41(37,38)25-14-15-26-29(17-25)40-20-31-26)19-28(35)27(16-24-10-8-7-9-11-24)32-30(36)39-22(4)13-12-21(3)34/h7-11,14-15,17,20,22-23,27-28,35H,5-6,12-13,16,18-19H2,1-4H3,(H,32,36)/t22-,27?,28-/m1/s1. The van der Waals surface area contributed by atoms with Gasteiger partial charge in [0.2, 0.25) is 10.0 Å².